The molecule has 16 heavy (non-hydrogen) atoms. The Kier molecular flexibility index (Phi) is 9.24. The molecule has 0 aliphatic rings. The Labute approximate surface area is 98.8 Å². The van der Waals surface area contributed by atoms with Crippen LogP contribution < -0.4 is 10.6 Å². The van der Waals surface area contributed by atoms with Gasteiger partial charge in [-0.15, -0.1) is 0 Å². The van der Waals surface area contributed by atoms with E-state index in [1.807, 2.05) is 0 Å². The van der Waals surface area contributed by atoms with E-state index in [2.05, 4.69) is 31.4 Å². The minimum absolute atomic E-state index is 0.0431. The number of aliphatic hydroxyl groups excluding tert-OH is 1. The first kappa shape index (κ1) is 15.4. The molecule has 1 atom stereocenters. The van der Waals surface area contributed by atoms with Gasteiger partial charge in [0.2, 0.25) is 5.91 Å². The zero-order chi connectivity index (χ0) is 12.4. The van der Waals surface area contributed by atoms with Crippen molar-refractivity contribution < 1.29 is 9.90 Å². The lowest BCUT2D eigenvalue weighted by molar-refractivity contribution is -0.120. The predicted molar refractivity (Wildman–Crippen MR) is 66.2 cm³/mol. The first-order valence-electron chi connectivity index (χ1n) is 6.31. The smallest absolute Gasteiger partial charge is 0.234 e. The Balaban J connectivity index is 3.65. The second-order valence-electron chi connectivity index (χ2n) is 4.12. The first-order chi connectivity index (χ1) is 7.65. The summed E-state index contributed by atoms with van der Waals surface area (Å²) in [6, 6.07) is 0. The lowest BCUT2D eigenvalue weighted by Crippen LogP contribution is -2.40. The number of rotatable bonds is 9. The van der Waals surface area contributed by atoms with Crippen LogP contribution in [0.3, 0.4) is 0 Å². The number of aliphatic hydroxyl groups is 1. The summed E-state index contributed by atoms with van der Waals surface area (Å²) in [5.74, 6) is 0.238. The fourth-order valence-electron chi connectivity index (χ4n) is 1.66. The quantitative estimate of drug-likeness (QED) is 0.516. The summed E-state index contributed by atoms with van der Waals surface area (Å²) in [5, 5.41) is 15.6. The number of hydrogen-bond donors (Lipinski definition) is 3. The van der Waals surface area contributed by atoms with Crippen molar-refractivity contribution in [1.82, 2.24) is 10.6 Å². The average Bonchev–Trinajstić information content (AvgIpc) is 2.28. The lowest BCUT2D eigenvalue weighted by Gasteiger charge is -2.20. The molecule has 0 rings (SSSR count). The molecular formula is C12H26N2O2. The summed E-state index contributed by atoms with van der Waals surface area (Å²) in [5.41, 5.74) is 0. The van der Waals surface area contributed by atoms with Gasteiger partial charge in [-0.2, -0.15) is 0 Å². The highest BCUT2D eigenvalue weighted by Gasteiger charge is 2.15. The molecule has 0 aliphatic carbocycles. The Morgan fingerprint density at radius 3 is 2.38 bits per heavy atom. The van der Waals surface area contributed by atoms with Crippen LogP contribution in [-0.2, 0) is 4.79 Å². The fourth-order valence-corrected chi connectivity index (χ4v) is 1.66. The number of carbonyl (C=O) groups is 1. The molecule has 0 aromatic heterocycles. The van der Waals surface area contributed by atoms with Gasteiger partial charge in [0.15, 0.2) is 0 Å². The van der Waals surface area contributed by atoms with Gasteiger partial charge in [0, 0.05) is 6.54 Å². The van der Waals surface area contributed by atoms with Crippen molar-refractivity contribution in [2.45, 2.75) is 46.1 Å². The molecule has 0 bridgehead atoms. The molecule has 96 valence electrons. The summed E-state index contributed by atoms with van der Waals surface area (Å²) >= 11 is 0. The van der Waals surface area contributed by atoms with Crippen LogP contribution in [0.1, 0.15) is 40.0 Å². The molecule has 1 amide bonds. The average molecular weight is 230 g/mol. The van der Waals surface area contributed by atoms with Crippen LogP contribution in [0.2, 0.25) is 0 Å². The maximum atomic E-state index is 11.3. The summed E-state index contributed by atoms with van der Waals surface area (Å²) in [7, 11) is 0. The molecule has 0 aromatic carbocycles. The molecule has 1 unspecified atom stereocenters. The summed E-state index contributed by atoms with van der Waals surface area (Å²) in [4.78, 5) is 11.3. The van der Waals surface area contributed by atoms with E-state index in [9.17, 15) is 9.90 Å². The van der Waals surface area contributed by atoms with Gasteiger partial charge in [0.25, 0.3) is 0 Å². The summed E-state index contributed by atoms with van der Waals surface area (Å²) in [6.07, 6.45) is 2.48. The second-order valence-corrected chi connectivity index (χ2v) is 4.12. The van der Waals surface area contributed by atoms with Crippen LogP contribution in [0.4, 0.5) is 0 Å². The maximum Gasteiger partial charge on any atom is 0.234 e. The monoisotopic (exact) mass is 230 g/mol. The van der Waals surface area contributed by atoms with Crippen LogP contribution in [0.15, 0.2) is 0 Å². The van der Waals surface area contributed by atoms with Gasteiger partial charge in [0.1, 0.15) is 0 Å². The number of nitrogens with one attached hydrogen (secondary N) is 2. The van der Waals surface area contributed by atoms with Gasteiger partial charge in [-0.25, -0.2) is 0 Å². The summed E-state index contributed by atoms with van der Waals surface area (Å²) < 4.78 is 0. The van der Waals surface area contributed by atoms with Crippen molar-refractivity contribution in [3.05, 3.63) is 0 Å². The molecule has 0 radical (unpaired) electrons. The third-order valence-electron chi connectivity index (χ3n) is 2.81. The van der Waals surface area contributed by atoms with Crippen molar-refractivity contribution in [3.63, 3.8) is 0 Å². The van der Waals surface area contributed by atoms with Crippen molar-refractivity contribution in [2.75, 3.05) is 19.6 Å². The molecule has 0 spiro atoms. The zero-order valence-corrected chi connectivity index (χ0v) is 10.8. The van der Waals surface area contributed by atoms with Crippen molar-refractivity contribution in [1.29, 1.82) is 0 Å². The van der Waals surface area contributed by atoms with Crippen molar-refractivity contribution >= 4 is 5.91 Å². The largest absolute Gasteiger partial charge is 0.391 e. The highest BCUT2D eigenvalue weighted by atomic mass is 16.3. The number of hydrogen-bond acceptors (Lipinski definition) is 3. The lowest BCUT2D eigenvalue weighted by atomic mass is 9.96. The maximum absolute atomic E-state index is 11.3. The van der Waals surface area contributed by atoms with Crippen LogP contribution in [0, 0.1) is 5.92 Å². The van der Waals surface area contributed by atoms with E-state index < -0.39 is 6.10 Å². The SMILES string of the molecule is CCCNCC(=O)NCC(O)C(CC)CC. The van der Waals surface area contributed by atoms with Gasteiger partial charge in [0.05, 0.1) is 12.6 Å². The normalized spacial score (nSPS) is 12.8. The van der Waals surface area contributed by atoms with Gasteiger partial charge < -0.3 is 15.7 Å². The molecule has 0 heterocycles. The molecule has 0 saturated heterocycles. The molecule has 0 saturated carbocycles. The Bertz CT molecular complexity index is 182. The van der Waals surface area contributed by atoms with Crippen molar-refractivity contribution in [2.24, 2.45) is 5.92 Å². The highest BCUT2D eigenvalue weighted by molar-refractivity contribution is 5.77. The van der Waals surface area contributed by atoms with Gasteiger partial charge in [-0.3, -0.25) is 4.79 Å². The van der Waals surface area contributed by atoms with Gasteiger partial charge in [-0.05, 0) is 18.9 Å². The Hall–Kier alpha value is -0.610. The van der Waals surface area contributed by atoms with E-state index in [1.165, 1.54) is 0 Å². The fraction of sp³-hybridized carbons (Fsp3) is 0.917. The van der Waals surface area contributed by atoms with E-state index in [0.717, 1.165) is 25.8 Å². The van der Waals surface area contributed by atoms with E-state index in [0.29, 0.717) is 13.1 Å². The molecular weight excluding hydrogens is 204 g/mol. The van der Waals surface area contributed by atoms with E-state index in [1.54, 1.807) is 0 Å². The van der Waals surface area contributed by atoms with Crippen LogP contribution in [0.25, 0.3) is 0 Å². The zero-order valence-electron chi connectivity index (χ0n) is 10.8. The topological polar surface area (TPSA) is 61.4 Å². The van der Waals surface area contributed by atoms with Crippen LogP contribution in [0.5, 0.6) is 0 Å². The second kappa shape index (κ2) is 9.60. The van der Waals surface area contributed by atoms with Crippen LogP contribution >= 0.6 is 0 Å². The Morgan fingerprint density at radius 2 is 1.88 bits per heavy atom. The molecule has 4 heteroatoms. The van der Waals surface area contributed by atoms with E-state index in [-0.39, 0.29) is 11.8 Å². The molecule has 0 fully saturated rings. The number of amides is 1. The van der Waals surface area contributed by atoms with Gasteiger partial charge >= 0.3 is 0 Å². The van der Waals surface area contributed by atoms with E-state index in [4.69, 9.17) is 0 Å². The number of carbonyl (C=O) groups excluding carboxylic acids is 1. The summed E-state index contributed by atoms with van der Waals surface area (Å²) in [6.45, 7) is 7.72. The first-order valence-corrected chi connectivity index (χ1v) is 6.31. The third kappa shape index (κ3) is 6.80. The minimum atomic E-state index is -0.426. The minimum Gasteiger partial charge on any atom is -0.391 e. The van der Waals surface area contributed by atoms with Crippen molar-refractivity contribution in [3.8, 4) is 0 Å². The highest BCUT2D eigenvalue weighted by Crippen LogP contribution is 2.11. The molecule has 3 N–H and O–H groups in total. The molecule has 4 nitrogen and oxygen atoms in total. The van der Waals surface area contributed by atoms with Crippen LogP contribution in [-0.4, -0.2) is 36.8 Å². The third-order valence-corrected chi connectivity index (χ3v) is 2.81. The standard InChI is InChI=1S/C12H26N2O2/c1-4-7-13-9-12(16)14-8-11(15)10(5-2)6-3/h10-11,13,15H,4-9H2,1-3H3,(H,14,16). The molecule has 0 aromatic rings. The Morgan fingerprint density at radius 1 is 1.25 bits per heavy atom. The predicted octanol–water partition coefficient (Wildman–Crippen LogP) is 0.899. The molecule has 0 aliphatic heterocycles. The van der Waals surface area contributed by atoms with E-state index >= 15 is 0 Å². The van der Waals surface area contributed by atoms with Gasteiger partial charge in [-0.1, -0.05) is 33.6 Å².